The van der Waals surface area contributed by atoms with E-state index in [9.17, 15) is 24.3 Å². The van der Waals surface area contributed by atoms with Gasteiger partial charge in [-0.2, -0.15) is 0 Å². The van der Waals surface area contributed by atoms with Gasteiger partial charge in [0.2, 0.25) is 0 Å². The van der Waals surface area contributed by atoms with Crippen molar-refractivity contribution in [3.63, 3.8) is 0 Å². The number of hydrogen-bond donors (Lipinski definition) is 2. The van der Waals surface area contributed by atoms with Crippen LogP contribution in [0, 0.1) is 0 Å². The summed E-state index contributed by atoms with van der Waals surface area (Å²) in [5.41, 5.74) is 5.50. The number of carbonyl (C=O) groups is 4. The zero-order valence-electron chi connectivity index (χ0n) is 27.5. The maximum absolute atomic E-state index is 14.4. The van der Waals surface area contributed by atoms with Gasteiger partial charge in [0.25, 0.3) is 11.8 Å². The van der Waals surface area contributed by atoms with Crippen molar-refractivity contribution in [3.05, 3.63) is 143 Å². The molecule has 0 aliphatic carbocycles. The third-order valence-corrected chi connectivity index (χ3v) is 9.05. The number of carboxylic acids is 1. The number of rotatable bonds is 17. The van der Waals surface area contributed by atoms with Crippen molar-refractivity contribution in [2.45, 2.75) is 49.2 Å². The molecule has 2 amide bonds. The Bertz CT molecular complexity index is 1630. The minimum Gasteiger partial charge on any atom is -0.480 e. The molecule has 1 aliphatic rings. The molecular weight excluding hydrogens is 624 g/mol. The molecule has 10 heteroatoms. The number of ketones is 1. The highest BCUT2D eigenvalue weighted by Gasteiger charge is 2.51. The average Bonchev–Trinajstić information content (AvgIpc) is 3.39. The summed E-state index contributed by atoms with van der Waals surface area (Å²) in [5.74, 6) is -3.95. The molecule has 0 aromatic heterocycles. The van der Waals surface area contributed by atoms with E-state index in [1.165, 1.54) is 26.4 Å². The second kappa shape index (κ2) is 15.5. The zero-order valence-corrected chi connectivity index (χ0v) is 27.5. The minimum absolute atomic E-state index is 0.124. The average molecular weight is 665 g/mol. The summed E-state index contributed by atoms with van der Waals surface area (Å²) < 4.78 is 17.3. The van der Waals surface area contributed by atoms with E-state index in [1.807, 2.05) is 91.0 Å². The number of aliphatic carboxylic acids is 1. The van der Waals surface area contributed by atoms with Crippen molar-refractivity contribution in [1.82, 2.24) is 4.90 Å². The molecule has 10 nitrogen and oxygen atoms in total. The van der Waals surface area contributed by atoms with Gasteiger partial charge in [-0.05, 0) is 54.5 Å². The van der Waals surface area contributed by atoms with Gasteiger partial charge in [0.15, 0.2) is 17.6 Å². The number of nitrogens with zero attached hydrogens (tertiary/aromatic N) is 1. The molecule has 0 spiro atoms. The van der Waals surface area contributed by atoms with E-state index in [0.29, 0.717) is 0 Å². The molecule has 49 heavy (non-hydrogen) atoms. The second-order valence-electron chi connectivity index (χ2n) is 11.9. The van der Waals surface area contributed by atoms with Crippen LogP contribution in [0.2, 0.25) is 0 Å². The van der Waals surface area contributed by atoms with Gasteiger partial charge in [0.1, 0.15) is 11.6 Å². The van der Waals surface area contributed by atoms with E-state index in [4.69, 9.17) is 19.9 Å². The number of nitrogens with two attached hydrogens (primary N) is 1. The van der Waals surface area contributed by atoms with Gasteiger partial charge in [-0.15, -0.1) is 0 Å². The first kappa shape index (κ1) is 35.3. The lowest BCUT2D eigenvalue weighted by molar-refractivity contribution is -0.151. The number of fused-ring (bicyclic) bond motifs is 1. The molecule has 2 atom stereocenters. The smallest absolute Gasteiger partial charge is 0.331 e. The first-order valence-corrected chi connectivity index (χ1v) is 16.1. The lowest BCUT2D eigenvalue weighted by atomic mass is 9.80. The highest BCUT2D eigenvalue weighted by atomic mass is 16.7. The molecule has 2 unspecified atom stereocenters. The number of Topliss-reactive ketones (excluding diaryl/α,β-unsaturated/α-hetero) is 1. The summed E-state index contributed by atoms with van der Waals surface area (Å²) in [6.45, 7) is -0.159. The Hall–Kier alpha value is -5.00. The molecule has 5 rings (SSSR count). The van der Waals surface area contributed by atoms with Gasteiger partial charge < -0.3 is 25.1 Å². The van der Waals surface area contributed by atoms with Crippen molar-refractivity contribution in [2.24, 2.45) is 5.73 Å². The summed E-state index contributed by atoms with van der Waals surface area (Å²) in [5, 5.41) is 10.4. The van der Waals surface area contributed by atoms with E-state index < -0.39 is 47.0 Å². The molecule has 0 bridgehead atoms. The first-order valence-electron chi connectivity index (χ1n) is 16.1. The maximum atomic E-state index is 14.4. The van der Waals surface area contributed by atoms with E-state index in [1.54, 1.807) is 12.1 Å². The van der Waals surface area contributed by atoms with Gasteiger partial charge in [-0.3, -0.25) is 19.3 Å². The fourth-order valence-corrected chi connectivity index (χ4v) is 6.47. The van der Waals surface area contributed by atoms with Gasteiger partial charge >= 0.3 is 5.97 Å². The Balaban J connectivity index is 1.54. The van der Waals surface area contributed by atoms with Crippen molar-refractivity contribution in [1.29, 1.82) is 0 Å². The van der Waals surface area contributed by atoms with Crippen LogP contribution in [0.15, 0.2) is 115 Å². The molecule has 4 aromatic carbocycles. The van der Waals surface area contributed by atoms with Crippen LogP contribution in [0.4, 0.5) is 0 Å². The van der Waals surface area contributed by atoms with Gasteiger partial charge in [-0.1, -0.05) is 103 Å². The Morgan fingerprint density at radius 2 is 1.14 bits per heavy atom. The summed E-state index contributed by atoms with van der Waals surface area (Å²) in [6, 6.07) is 33.4. The number of carbonyl (C=O) groups excluding carboxylic acids is 3. The highest BCUT2D eigenvalue weighted by Crippen LogP contribution is 2.41. The molecule has 1 aliphatic heterocycles. The molecule has 1 heterocycles. The Labute approximate surface area is 285 Å². The van der Waals surface area contributed by atoms with Crippen molar-refractivity contribution < 1.29 is 38.5 Å². The predicted molar refractivity (Wildman–Crippen MR) is 182 cm³/mol. The van der Waals surface area contributed by atoms with Crippen LogP contribution >= 0.6 is 0 Å². The Morgan fingerprint density at radius 3 is 1.55 bits per heavy atom. The van der Waals surface area contributed by atoms with Crippen molar-refractivity contribution >= 4 is 23.6 Å². The molecule has 0 saturated heterocycles. The Kier molecular flexibility index (Phi) is 11.2. The van der Waals surface area contributed by atoms with Crippen LogP contribution in [0.5, 0.6) is 0 Å². The van der Waals surface area contributed by atoms with Crippen LogP contribution in [-0.4, -0.2) is 72.3 Å². The van der Waals surface area contributed by atoms with E-state index in [-0.39, 0.29) is 43.4 Å². The molecule has 0 fully saturated rings. The first-order chi connectivity index (χ1) is 23.7. The van der Waals surface area contributed by atoms with E-state index in [2.05, 4.69) is 0 Å². The van der Waals surface area contributed by atoms with Gasteiger partial charge in [0, 0.05) is 14.2 Å². The standard InChI is InChI=1S/C39H40N2O8/c1-47-33(48-2)23-14-25-38(40,37(45)46)34(42)32(41-35(43)30-21-12-13-22-31(30)36(41)44)24-26-49-39(27-15-6-3-7-16-27,28-17-8-4-9-18-28)29-19-10-5-11-20-29/h3-13,15-22,32-33H,14,23-26,40H2,1-2H3,(H,45,46). The monoisotopic (exact) mass is 664 g/mol. The molecule has 3 N–H and O–H groups in total. The van der Waals surface area contributed by atoms with Crippen LogP contribution in [0.1, 0.15) is 63.1 Å². The lowest BCUT2D eigenvalue weighted by Crippen LogP contribution is -2.62. The second-order valence-corrected chi connectivity index (χ2v) is 11.9. The Morgan fingerprint density at radius 1 is 0.714 bits per heavy atom. The quantitative estimate of drug-likeness (QED) is 0.0674. The van der Waals surface area contributed by atoms with E-state index >= 15 is 0 Å². The fourth-order valence-electron chi connectivity index (χ4n) is 6.47. The van der Waals surface area contributed by atoms with Gasteiger partial charge in [0.05, 0.1) is 17.7 Å². The molecular formula is C39H40N2O8. The lowest BCUT2D eigenvalue weighted by Gasteiger charge is -2.37. The fraction of sp³-hybridized carbons (Fsp3) is 0.282. The van der Waals surface area contributed by atoms with Crippen molar-refractivity contribution in [3.8, 4) is 0 Å². The number of ether oxygens (including phenoxy) is 3. The SMILES string of the molecule is COC(CCCC(N)(C(=O)O)C(=O)C(CCOC(c1ccccc1)(c1ccccc1)c1ccccc1)N1C(=O)c2ccccc2C1=O)OC. The minimum atomic E-state index is -2.43. The summed E-state index contributed by atoms with van der Waals surface area (Å²) in [7, 11) is 2.90. The molecule has 0 saturated carbocycles. The van der Waals surface area contributed by atoms with Crippen molar-refractivity contribution in [2.75, 3.05) is 20.8 Å². The number of hydrogen-bond acceptors (Lipinski definition) is 8. The number of benzene rings is 4. The molecule has 0 radical (unpaired) electrons. The summed E-state index contributed by atoms with van der Waals surface area (Å²) in [4.78, 5) is 55.5. The largest absolute Gasteiger partial charge is 0.480 e. The highest BCUT2D eigenvalue weighted by molar-refractivity contribution is 6.24. The van der Waals surface area contributed by atoms with Crippen LogP contribution in [0.3, 0.4) is 0 Å². The summed E-state index contributed by atoms with van der Waals surface area (Å²) >= 11 is 0. The number of amides is 2. The van der Waals surface area contributed by atoms with Crippen LogP contribution in [-0.2, 0) is 29.4 Å². The normalized spacial score (nSPS) is 14.8. The number of carboxylic acid groups (broad SMARTS) is 1. The molecule has 254 valence electrons. The predicted octanol–water partition coefficient (Wildman–Crippen LogP) is 5.19. The van der Waals surface area contributed by atoms with Crippen LogP contribution in [0.25, 0.3) is 0 Å². The van der Waals surface area contributed by atoms with Gasteiger partial charge in [-0.25, -0.2) is 4.79 Å². The van der Waals surface area contributed by atoms with Crippen LogP contribution < -0.4 is 5.73 Å². The maximum Gasteiger partial charge on any atom is 0.331 e. The number of imide groups is 1. The number of methoxy groups -OCH3 is 2. The summed E-state index contributed by atoms with van der Waals surface area (Å²) in [6.07, 6.45) is -0.710. The third kappa shape index (κ3) is 6.95. The zero-order chi connectivity index (χ0) is 35.0. The molecule has 4 aromatic rings. The van der Waals surface area contributed by atoms with E-state index in [0.717, 1.165) is 21.6 Å². The topological polar surface area (TPSA) is 145 Å². The third-order valence-electron chi connectivity index (χ3n) is 9.05.